The molecule has 2 aliphatic rings. The molecule has 1 aromatic rings. The molecule has 1 saturated heterocycles. The molecule has 5 heteroatoms. The van der Waals surface area contributed by atoms with Crippen molar-refractivity contribution in [3.63, 3.8) is 0 Å². The fourth-order valence-corrected chi connectivity index (χ4v) is 2.56. The van der Waals surface area contributed by atoms with E-state index in [0.29, 0.717) is 6.61 Å². The molecule has 108 valence electrons. The normalized spacial score (nSPS) is 23.4. The highest BCUT2D eigenvalue weighted by atomic mass is 16.7. The smallest absolute Gasteiger partial charge is 0.490 e. The van der Waals surface area contributed by atoms with Gasteiger partial charge < -0.3 is 18.9 Å². The first-order valence-corrected chi connectivity index (χ1v) is 7.14. The zero-order valence-corrected chi connectivity index (χ0v) is 12.9. The van der Waals surface area contributed by atoms with E-state index < -0.39 is 0 Å². The number of para-hydroxylation sites is 1. The molecule has 0 N–H and O–H groups in total. The molecule has 2 heterocycles. The van der Waals surface area contributed by atoms with Gasteiger partial charge in [0.1, 0.15) is 12.4 Å². The predicted molar refractivity (Wildman–Crippen MR) is 80.9 cm³/mol. The highest BCUT2D eigenvalue weighted by Crippen LogP contribution is 2.38. The number of fused-ring (bicyclic) bond motifs is 1. The minimum absolute atomic E-state index is 0.332. The van der Waals surface area contributed by atoms with Crippen molar-refractivity contribution in [3.8, 4) is 5.75 Å². The van der Waals surface area contributed by atoms with E-state index in [4.69, 9.17) is 14.0 Å². The van der Waals surface area contributed by atoms with Gasteiger partial charge >= 0.3 is 7.12 Å². The maximum Gasteiger partial charge on any atom is 0.498 e. The van der Waals surface area contributed by atoms with Gasteiger partial charge in [0.15, 0.2) is 0 Å². The molecule has 3 rings (SSSR count). The topological polar surface area (TPSA) is 30.9 Å². The molecule has 1 aromatic carbocycles. The van der Waals surface area contributed by atoms with Crippen LogP contribution in [0.1, 0.15) is 27.7 Å². The second-order valence-electron chi connectivity index (χ2n) is 6.55. The van der Waals surface area contributed by atoms with Crippen molar-refractivity contribution in [3.05, 3.63) is 18.2 Å². The Bertz CT molecular complexity index is 514. The van der Waals surface area contributed by atoms with E-state index in [0.717, 1.165) is 23.4 Å². The Morgan fingerprint density at radius 1 is 1.10 bits per heavy atom. The Morgan fingerprint density at radius 2 is 1.75 bits per heavy atom. The molecule has 0 atom stereocenters. The van der Waals surface area contributed by atoms with Gasteiger partial charge in [-0.2, -0.15) is 0 Å². The number of hydrogen-bond acceptors (Lipinski definition) is 4. The van der Waals surface area contributed by atoms with Crippen LogP contribution in [0.5, 0.6) is 5.75 Å². The predicted octanol–water partition coefficient (Wildman–Crippen LogP) is 1.81. The lowest BCUT2D eigenvalue weighted by Crippen LogP contribution is -2.41. The molecule has 1 fully saturated rings. The van der Waals surface area contributed by atoms with E-state index >= 15 is 0 Å². The van der Waals surface area contributed by atoms with Crippen molar-refractivity contribution in [2.75, 3.05) is 25.1 Å². The minimum atomic E-state index is -0.374. The van der Waals surface area contributed by atoms with Crippen LogP contribution in [0, 0.1) is 0 Å². The first kappa shape index (κ1) is 13.8. The minimum Gasteiger partial charge on any atom is -0.490 e. The average Bonchev–Trinajstić information content (AvgIpc) is 2.58. The molecule has 4 nitrogen and oxygen atoms in total. The molecule has 0 spiro atoms. The van der Waals surface area contributed by atoms with Gasteiger partial charge in [0.25, 0.3) is 0 Å². The summed E-state index contributed by atoms with van der Waals surface area (Å²) in [6.07, 6.45) is 0. The molecule has 0 unspecified atom stereocenters. The Hall–Kier alpha value is -1.20. The molecular weight excluding hydrogens is 253 g/mol. The summed E-state index contributed by atoms with van der Waals surface area (Å²) in [5.74, 6) is 0.889. The number of rotatable bonds is 1. The third-order valence-corrected chi connectivity index (χ3v) is 4.62. The molecule has 0 amide bonds. The van der Waals surface area contributed by atoms with E-state index in [9.17, 15) is 0 Å². The van der Waals surface area contributed by atoms with E-state index in [1.165, 1.54) is 0 Å². The Morgan fingerprint density at radius 3 is 2.40 bits per heavy atom. The second-order valence-corrected chi connectivity index (χ2v) is 6.55. The van der Waals surface area contributed by atoms with Gasteiger partial charge in [-0.15, -0.1) is 0 Å². The summed E-state index contributed by atoms with van der Waals surface area (Å²) < 4.78 is 18.1. The molecule has 0 aliphatic carbocycles. The Labute approximate surface area is 121 Å². The lowest BCUT2D eigenvalue weighted by atomic mass is 9.77. The number of hydrogen-bond donors (Lipinski definition) is 0. The van der Waals surface area contributed by atoms with Crippen LogP contribution in [-0.4, -0.2) is 38.5 Å². The maximum atomic E-state index is 6.13. The van der Waals surface area contributed by atoms with Crippen LogP contribution in [-0.2, 0) is 9.31 Å². The van der Waals surface area contributed by atoms with E-state index in [-0.39, 0.29) is 18.3 Å². The highest BCUT2D eigenvalue weighted by molar-refractivity contribution is 6.63. The van der Waals surface area contributed by atoms with Crippen LogP contribution in [0.2, 0.25) is 0 Å². The lowest BCUT2D eigenvalue weighted by molar-refractivity contribution is 0.00578. The van der Waals surface area contributed by atoms with Gasteiger partial charge in [-0.3, -0.25) is 0 Å². The van der Waals surface area contributed by atoms with Crippen LogP contribution in [0.3, 0.4) is 0 Å². The van der Waals surface area contributed by atoms with Crippen molar-refractivity contribution in [1.29, 1.82) is 0 Å². The van der Waals surface area contributed by atoms with Crippen LogP contribution in [0.15, 0.2) is 18.2 Å². The zero-order chi connectivity index (χ0) is 14.5. The number of likely N-dealkylation sites (N-methyl/N-ethyl adjacent to an activating group) is 1. The fraction of sp³-hybridized carbons (Fsp3) is 0.600. The number of benzene rings is 1. The van der Waals surface area contributed by atoms with Crippen molar-refractivity contribution < 1.29 is 14.0 Å². The quantitative estimate of drug-likeness (QED) is 0.731. The first-order chi connectivity index (χ1) is 9.32. The van der Waals surface area contributed by atoms with Gasteiger partial charge in [0.05, 0.1) is 23.4 Å². The first-order valence-electron chi connectivity index (χ1n) is 7.14. The summed E-state index contributed by atoms with van der Waals surface area (Å²) >= 11 is 0. The number of nitrogens with zero attached hydrogens (tertiary/aromatic N) is 1. The van der Waals surface area contributed by atoms with Gasteiger partial charge in [0.2, 0.25) is 0 Å². The molecule has 2 aliphatic heterocycles. The van der Waals surface area contributed by atoms with Crippen LogP contribution >= 0.6 is 0 Å². The summed E-state index contributed by atoms with van der Waals surface area (Å²) in [6.45, 7) is 9.86. The standard InChI is InChI=1S/C15H22BNO3/c1-14(2)15(3,4)20-16(19-14)11-7-6-8-12-13(11)18-10-9-17(12)5/h6-8H,9-10H2,1-5H3. The molecule has 20 heavy (non-hydrogen) atoms. The van der Waals surface area contributed by atoms with Crippen molar-refractivity contribution in [1.82, 2.24) is 0 Å². The zero-order valence-electron chi connectivity index (χ0n) is 12.9. The largest absolute Gasteiger partial charge is 0.498 e. The molecular formula is C15H22BNO3. The summed E-state index contributed by atoms with van der Waals surface area (Å²) in [5.41, 5.74) is 1.42. The van der Waals surface area contributed by atoms with Gasteiger partial charge in [0, 0.05) is 12.5 Å². The monoisotopic (exact) mass is 275 g/mol. The number of anilines is 1. The van der Waals surface area contributed by atoms with E-state index in [1.807, 2.05) is 12.1 Å². The fourth-order valence-electron chi connectivity index (χ4n) is 2.56. The maximum absolute atomic E-state index is 6.13. The molecule has 0 aromatic heterocycles. The second kappa shape index (κ2) is 4.40. The van der Waals surface area contributed by atoms with Gasteiger partial charge in [-0.25, -0.2) is 0 Å². The van der Waals surface area contributed by atoms with Crippen LogP contribution < -0.4 is 15.1 Å². The third-order valence-electron chi connectivity index (χ3n) is 4.62. The highest BCUT2D eigenvalue weighted by Gasteiger charge is 2.52. The summed E-state index contributed by atoms with van der Waals surface area (Å²) in [6, 6.07) is 6.13. The van der Waals surface area contributed by atoms with Crippen LogP contribution in [0.25, 0.3) is 0 Å². The van der Waals surface area contributed by atoms with Crippen molar-refractivity contribution in [2.24, 2.45) is 0 Å². The Kier molecular flexibility index (Phi) is 3.03. The molecule has 0 saturated carbocycles. The molecule has 0 radical (unpaired) electrons. The van der Waals surface area contributed by atoms with Crippen LogP contribution in [0.4, 0.5) is 5.69 Å². The van der Waals surface area contributed by atoms with Crippen molar-refractivity contribution >= 4 is 18.3 Å². The average molecular weight is 275 g/mol. The third kappa shape index (κ3) is 2.00. The number of ether oxygens (including phenoxy) is 1. The summed E-state index contributed by atoms with van der Waals surface area (Å²) in [4.78, 5) is 2.20. The van der Waals surface area contributed by atoms with Gasteiger partial charge in [-0.05, 0) is 33.8 Å². The SMILES string of the molecule is CN1CCOc2c(B3OC(C)(C)C(C)(C)O3)cccc21. The summed E-state index contributed by atoms with van der Waals surface area (Å²) in [7, 11) is 1.71. The molecule has 0 bridgehead atoms. The van der Waals surface area contributed by atoms with E-state index in [1.54, 1.807) is 0 Å². The van der Waals surface area contributed by atoms with E-state index in [2.05, 4.69) is 45.7 Å². The summed E-state index contributed by atoms with van der Waals surface area (Å²) in [5, 5.41) is 0. The van der Waals surface area contributed by atoms with Crippen molar-refractivity contribution in [2.45, 2.75) is 38.9 Å². The lowest BCUT2D eigenvalue weighted by Gasteiger charge is -2.32. The Balaban J connectivity index is 1.99. The van der Waals surface area contributed by atoms with Gasteiger partial charge in [-0.1, -0.05) is 12.1 Å².